The summed E-state index contributed by atoms with van der Waals surface area (Å²) in [7, 11) is 0. The van der Waals surface area contributed by atoms with Gasteiger partial charge in [0.05, 0.1) is 0 Å². The first kappa shape index (κ1) is 14.6. The Hall–Kier alpha value is -3.02. The molecular weight excluding hydrogens is 304 g/mol. The molecule has 2 atom stereocenters. The van der Waals surface area contributed by atoms with Crippen LogP contribution in [0.5, 0.6) is 0 Å². The Kier molecular flexibility index (Phi) is 3.19. The zero-order valence-corrected chi connectivity index (χ0v) is 13.5. The normalized spacial score (nSPS) is 22.4. The molecule has 4 amide bonds. The fourth-order valence-corrected chi connectivity index (χ4v) is 3.19. The number of carbonyl (C=O) groups excluding carboxylic acids is 2. The number of fused-ring (bicyclic) bond motifs is 1. The van der Waals surface area contributed by atoms with Crippen LogP contribution in [0.15, 0.2) is 48.5 Å². The van der Waals surface area contributed by atoms with Gasteiger partial charge in [0.15, 0.2) is 12.3 Å². The monoisotopic (exact) mass is 322 g/mol. The van der Waals surface area contributed by atoms with Crippen molar-refractivity contribution in [3.05, 3.63) is 59.7 Å². The number of carbonyl (C=O) groups is 2. The molecule has 2 aromatic rings. The van der Waals surface area contributed by atoms with Crippen LogP contribution in [0, 0.1) is 13.8 Å². The number of anilines is 2. The summed E-state index contributed by atoms with van der Waals surface area (Å²) in [6, 6.07) is 15.0. The largest absolute Gasteiger partial charge is 0.332 e. The summed E-state index contributed by atoms with van der Waals surface area (Å²) in [4.78, 5) is 28.1. The number of amides is 4. The Balaban J connectivity index is 1.76. The molecule has 2 aliphatic heterocycles. The number of benzene rings is 2. The summed E-state index contributed by atoms with van der Waals surface area (Å²) in [5.41, 5.74) is 3.76. The SMILES string of the molecule is Cc1ccc(N2C(=O)N(c3ccc(C)cc3)C3NC(=O)NC32)cc1. The zero-order valence-electron chi connectivity index (χ0n) is 13.5. The number of hydrogen-bond donors (Lipinski definition) is 2. The number of nitrogens with one attached hydrogen (secondary N) is 2. The second-order valence-corrected chi connectivity index (χ2v) is 6.20. The predicted octanol–water partition coefficient (Wildman–Crippen LogP) is 2.72. The molecule has 2 unspecified atom stereocenters. The van der Waals surface area contributed by atoms with E-state index in [2.05, 4.69) is 10.6 Å². The van der Waals surface area contributed by atoms with Crippen molar-refractivity contribution in [2.75, 3.05) is 9.80 Å². The highest BCUT2D eigenvalue weighted by Gasteiger charge is 2.52. The highest BCUT2D eigenvalue weighted by molar-refractivity contribution is 6.09. The standard InChI is InChI=1S/C18H18N4O2/c1-11-3-7-13(8-4-11)21-15-16(20-17(23)19-15)22(18(21)24)14-9-5-12(2)6-10-14/h3-10,15-16H,1-2H3,(H2,19,20,23). The highest BCUT2D eigenvalue weighted by Crippen LogP contribution is 2.33. The van der Waals surface area contributed by atoms with Crippen molar-refractivity contribution in [3.63, 3.8) is 0 Å². The number of urea groups is 2. The van der Waals surface area contributed by atoms with Crippen LogP contribution in [-0.2, 0) is 0 Å². The van der Waals surface area contributed by atoms with Gasteiger partial charge < -0.3 is 10.6 Å². The molecule has 2 saturated heterocycles. The summed E-state index contributed by atoms with van der Waals surface area (Å²) in [6.45, 7) is 3.99. The first-order valence-electron chi connectivity index (χ1n) is 7.87. The minimum Gasteiger partial charge on any atom is -0.314 e. The molecule has 0 saturated carbocycles. The van der Waals surface area contributed by atoms with E-state index in [0.717, 1.165) is 22.5 Å². The Labute approximate surface area is 140 Å². The van der Waals surface area contributed by atoms with Gasteiger partial charge in [0, 0.05) is 11.4 Å². The third-order valence-electron chi connectivity index (χ3n) is 4.45. The molecular formula is C18H18N4O2. The lowest BCUT2D eigenvalue weighted by atomic mass is 10.2. The number of rotatable bonds is 2. The molecule has 2 fully saturated rings. The lowest BCUT2D eigenvalue weighted by Gasteiger charge is -2.22. The molecule has 6 heteroatoms. The number of aryl methyl sites for hydroxylation is 2. The van der Waals surface area contributed by atoms with Crippen molar-refractivity contribution in [1.82, 2.24) is 10.6 Å². The van der Waals surface area contributed by atoms with Crippen LogP contribution in [0.4, 0.5) is 21.0 Å². The molecule has 2 heterocycles. The second-order valence-electron chi connectivity index (χ2n) is 6.20. The van der Waals surface area contributed by atoms with Crippen molar-refractivity contribution in [2.45, 2.75) is 26.2 Å². The van der Waals surface area contributed by atoms with E-state index in [0.29, 0.717) is 0 Å². The minimum absolute atomic E-state index is 0.162. The molecule has 4 rings (SSSR count). The second kappa shape index (κ2) is 5.26. The zero-order chi connectivity index (χ0) is 16.8. The van der Waals surface area contributed by atoms with E-state index in [1.54, 1.807) is 9.80 Å². The van der Waals surface area contributed by atoms with E-state index in [4.69, 9.17) is 0 Å². The Morgan fingerprint density at radius 1 is 0.708 bits per heavy atom. The van der Waals surface area contributed by atoms with Gasteiger partial charge in [-0.2, -0.15) is 0 Å². The van der Waals surface area contributed by atoms with Gasteiger partial charge in [0.2, 0.25) is 0 Å². The van der Waals surface area contributed by atoms with Crippen molar-refractivity contribution >= 4 is 23.4 Å². The van der Waals surface area contributed by atoms with Crippen LogP contribution < -0.4 is 20.4 Å². The van der Waals surface area contributed by atoms with Crippen LogP contribution in [0.3, 0.4) is 0 Å². The fourth-order valence-electron chi connectivity index (χ4n) is 3.19. The Bertz CT molecular complexity index is 735. The quantitative estimate of drug-likeness (QED) is 0.893. The lowest BCUT2D eigenvalue weighted by Crippen LogP contribution is -2.43. The maximum atomic E-state index is 13.1. The van der Waals surface area contributed by atoms with Gasteiger partial charge in [0.25, 0.3) is 0 Å². The van der Waals surface area contributed by atoms with Gasteiger partial charge in [0.1, 0.15) is 0 Å². The summed E-state index contributed by atoms with van der Waals surface area (Å²) in [5, 5.41) is 5.67. The van der Waals surface area contributed by atoms with Crippen LogP contribution in [0.1, 0.15) is 11.1 Å². The average Bonchev–Trinajstić information content (AvgIpc) is 3.04. The van der Waals surface area contributed by atoms with Crippen molar-refractivity contribution in [1.29, 1.82) is 0 Å². The van der Waals surface area contributed by atoms with E-state index in [1.807, 2.05) is 62.4 Å². The summed E-state index contributed by atoms with van der Waals surface area (Å²) < 4.78 is 0. The maximum Gasteiger partial charge on any atom is 0.332 e. The molecule has 2 N–H and O–H groups in total. The first-order chi connectivity index (χ1) is 11.5. The van der Waals surface area contributed by atoms with Crippen LogP contribution in [0.25, 0.3) is 0 Å². The molecule has 0 spiro atoms. The van der Waals surface area contributed by atoms with Crippen LogP contribution in [-0.4, -0.2) is 24.4 Å². The van der Waals surface area contributed by atoms with E-state index in [1.165, 1.54) is 0 Å². The highest BCUT2D eigenvalue weighted by atomic mass is 16.2. The van der Waals surface area contributed by atoms with E-state index in [9.17, 15) is 9.59 Å². The predicted molar refractivity (Wildman–Crippen MR) is 92.0 cm³/mol. The van der Waals surface area contributed by atoms with Gasteiger partial charge >= 0.3 is 12.1 Å². The molecule has 2 aromatic carbocycles. The van der Waals surface area contributed by atoms with Gasteiger partial charge in [-0.1, -0.05) is 35.4 Å². The number of nitrogens with zero attached hydrogens (tertiary/aromatic N) is 2. The van der Waals surface area contributed by atoms with Gasteiger partial charge in [-0.25, -0.2) is 9.59 Å². The topological polar surface area (TPSA) is 64.7 Å². The first-order valence-corrected chi connectivity index (χ1v) is 7.87. The molecule has 24 heavy (non-hydrogen) atoms. The van der Waals surface area contributed by atoms with Crippen LogP contribution >= 0.6 is 0 Å². The smallest absolute Gasteiger partial charge is 0.314 e. The molecule has 0 radical (unpaired) electrons. The molecule has 0 aliphatic carbocycles. The fraction of sp³-hybridized carbons (Fsp3) is 0.222. The van der Waals surface area contributed by atoms with Crippen molar-refractivity contribution in [3.8, 4) is 0 Å². The molecule has 6 nitrogen and oxygen atoms in total. The third-order valence-corrected chi connectivity index (χ3v) is 4.45. The summed E-state index contributed by atoms with van der Waals surface area (Å²) in [6.07, 6.45) is -0.872. The van der Waals surface area contributed by atoms with Crippen molar-refractivity contribution in [2.24, 2.45) is 0 Å². The van der Waals surface area contributed by atoms with Crippen LogP contribution in [0.2, 0.25) is 0 Å². The van der Waals surface area contributed by atoms with E-state index < -0.39 is 12.3 Å². The molecule has 0 aromatic heterocycles. The van der Waals surface area contributed by atoms with Gasteiger partial charge in [-0.3, -0.25) is 9.80 Å². The molecule has 2 aliphatic rings. The molecule has 122 valence electrons. The van der Waals surface area contributed by atoms with Gasteiger partial charge in [-0.05, 0) is 38.1 Å². The Morgan fingerprint density at radius 3 is 1.46 bits per heavy atom. The maximum absolute atomic E-state index is 13.1. The summed E-state index contributed by atoms with van der Waals surface area (Å²) >= 11 is 0. The third kappa shape index (κ3) is 2.19. The van der Waals surface area contributed by atoms with E-state index >= 15 is 0 Å². The van der Waals surface area contributed by atoms with Crippen molar-refractivity contribution < 1.29 is 9.59 Å². The lowest BCUT2D eigenvalue weighted by molar-refractivity contribution is 0.244. The minimum atomic E-state index is -0.436. The molecule has 0 bridgehead atoms. The summed E-state index contributed by atoms with van der Waals surface area (Å²) in [5.74, 6) is 0. The van der Waals surface area contributed by atoms with Gasteiger partial charge in [-0.15, -0.1) is 0 Å². The Morgan fingerprint density at radius 2 is 1.08 bits per heavy atom. The number of hydrogen-bond acceptors (Lipinski definition) is 2. The van der Waals surface area contributed by atoms with E-state index in [-0.39, 0.29) is 12.1 Å². The average molecular weight is 322 g/mol.